The largest absolute Gasteiger partial charge is 0.480 e. The Bertz CT molecular complexity index is 1170. The van der Waals surface area contributed by atoms with Crippen LogP contribution in [-0.2, 0) is 20.7 Å². The molecule has 2 atom stereocenters. The smallest absolute Gasteiger partial charge is 0.407 e. The van der Waals surface area contributed by atoms with Crippen LogP contribution in [0.25, 0.3) is 11.1 Å². The Morgan fingerprint density at radius 2 is 1.40 bits per heavy atom. The van der Waals surface area contributed by atoms with Gasteiger partial charge in [0.1, 0.15) is 18.7 Å². The molecule has 3 aromatic rings. The molecule has 0 bridgehead atoms. The van der Waals surface area contributed by atoms with Crippen LogP contribution < -0.4 is 10.6 Å². The summed E-state index contributed by atoms with van der Waals surface area (Å²) in [6.07, 6.45) is -0.291. The first-order valence-electron chi connectivity index (χ1n) is 11.7. The number of nitrogens with one attached hydrogen (secondary N) is 2. The lowest BCUT2D eigenvalue weighted by atomic mass is 9.98. The molecule has 1 aliphatic carbocycles. The van der Waals surface area contributed by atoms with E-state index in [1.165, 1.54) is 0 Å². The van der Waals surface area contributed by atoms with Crippen molar-refractivity contribution < 1.29 is 24.2 Å². The van der Waals surface area contributed by atoms with Crippen LogP contribution in [0, 0.1) is 0 Å². The molecule has 0 fully saturated rings. The molecule has 3 N–H and O–H groups in total. The second kappa shape index (κ2) is 10.9. The number of carbonyl (C=O) groups excluding carboxylic acids is 2. The third-order valence-electron chi connectivity index (χ3n) is 6.26. The number of carboxylic acid groups (broad SMARTS) is 1. The predicted molar refractivity (Wildman–Crippen MR) is 132 cm³/mol. The normalized spacial score (nSPS) is 13.7. The average molecular weight is 473 g/mol. The molecule has 180 valence electrons. The summed E-state index contributed by atoms with van der Waals surface area (Å²) >= 11 is 0. The van der Waals surface area contributed by atoms with Crippen molar-refractivity contribution in [2.45, 2.75) is 37.8 Å². The number of benzene rings is 3. The van der Waals surface area contributed by atoms with Crippen LogP contribution in [0.15, 0.2) is 78.9 Å². The van der Waals surface area contributed by atoms with Gasteiger partial charge in [0.05, 0.1) is 0 Å². The molecule has 7 heteroatoms. The molecule has 7 nitrogen and oxygen atoms in total. The predicted octanol–water partition coefficient (Wildman–Crippen LogP) is 4.12. The Morgan fingerprint density at radius 1 is 0.829 bits per heavy atom. The second-order valence-electron chi connectivity index (χ2n) is 8.52. The van der Waals surface area contributed by atoms with Crippen LogP contribution in [0.5, 0.6) is 0 Å². The summed E-state index contributed by atoms with van der Waals surface area (Å²) in [5.74, 6) is -1.80. The molecular weight excluding hydrogens is 444 g/mol. The summed E-state index contributed by atoms with van der Waals surface area (Å²) in [4.78, 5) is 37.0. The fourth-order valence-electron chi connectivity index (χ4n) is 4.46. The number of amides is 2. The lowest BCUT2D eigenvalue weighted by Gasteiger charge is -2.21. The maximum absolute atomic E-state index is 12.8. The Hall–Kier alpha value is -4.13. The van der Waals surface area contributed by atoms with Crippen molar-refractivity contribution in [1.29, 1.82) is 0 Å². The van der Waals surface area contributed by atoms with E-state index in [1.54, 1.807) is 19.1 Å². The zero-order valence-corrected chi connectivity index (χ0v) is 19.4. The minimum Gasteiger partial charge on any atom is -0.480 e. The average Bonchev–Trinajstić information content (AvgIpc) is 3.19. The highest BCUT2D eigenvalue weighted by atomic mass is 16.5. The van der Waals surface area contributed by atoms with Crippen LogP contribution in [0.3, 0.4) is 0 Å². The van der Waals surface area contributed by atoms with Gasteiger partial charge >= 0.3 is 12.1 Å². The number of fused-ring (bicyclic) bond motifs is 3. The number of rotatable bonds is 9. The number of hydrogen-bond acceptors (Lipinski definition) is 4. The minimum atomic E-state index is -1.14. The van der Waals surface area contributed by atoms with Crippen molar-refractivity contribution in [1.82, 2.24) is 10.6 Å². The molecule has 0 aromatic heterocycles. The van der Waals surface area contributed by atoms with Gasteiger partial charge in [-0.25, -0.2) is 9.59 Å². The highest BCUT2D eigenvalue weighted by molar-refractivity contribution is 5.89. The van der Waals surface area contributed by atoms with E-state index in [-0.39, 0.29) is 25.4 Å². The first-order valence-corrected chi connectivity index (χ1v) is 11.7. The minimum absolute atomic E-state index is 0.0932. The van der Waals surface area contributed by atoms with Crippen LogP contribution in [0.2, 0.25) is 0 Å². The molecule has 0 heterocycles. The van der Waals surface area contributed by atoms with Crippen LogP contribution in [0.4, 0.5) is 4.79 Å². The zero-order chi connectivity index (χ0) is 24.8. The number of carbonyl (C=O) groups is 3. The summed E-state index contributed by atoms with van der Waals surface area (Å²) in [6.45, 7) is 1.87. The van der Waals surface area contributed by atoms with Crippen molar-refractivity contribution in [3.05, 3.63) is 95.6 Å². The Labute approximate surface area is 204 Å². The van der Waals surface area contributed by atoms with Gasteiger partial charge in [0.15, 0.2) is 0 Å². The van der Waals surface area contributed by atoms with Crippen molar-refractivity contribution in [2.75, 3.05) is 6.61 Å². The quantitative estimate of drug-likeness (QED) is 0.435. The van der Waals surface area contributed by atoms with Gasteiger partial charge in [0.2, 0.25) is 5.91 Å². The van der Waals surface area contributed by atoms with Crippen LogP contribution in [-0.4, -0.2) is 41.8 Å². The highest BCUT2D eigenvalue weighted by Crippen LogP contribution is 2.44. The summed E-state index contributed by atoms with van der Waals surface area (Å²) in [7, 11) is 0. The maximum Gasteiger partial charge on any atom is 0.407 e. The summed E-state index contributed by atoms with van der Waals surface area (Å²) in [5, 5.41) is 14.7. The first-order chi connectivity index (χ1) is 17.0. The third kappa shape index (κ3) is 5.51. The lowest BCUT2D eigenvalue weighted by Crippen LogP contribution is -2.52. The van der Waals surface area contributed by atoms with Gasteiger partial charge in [0, 0.05) is 12.3 Å². The van der Waals surface area contributed by atoms with E-state index in [4.69, 9.17) is 4.74 Å². The van der Waals surface area contributed by atoms with Crippen molar-refractivity contribution >= 4 is 18.0 Å². The SMILES string of the molecule is CC[C@@H](NC(=O)OCC1c2ccccc2-c2ccccc21)C(=O)N[C@H](Cc1ccccc1)C(=O)O. The fraction of sp³-hybridized carbons (Fsp3) is 0.250. The van der Waals surface area contributed by atoms with Gasteiger partial charge < -0.3 is 20.5 Å². The van der Waals surface area contributed by atoms with Crippen molar-refractivity contribution in [2.24, 2.45) is 0 Å². The van der Waals surface area contributed by atoms with E-state index in [9.17, 15) is 19.5 Å². The fourth-order valence-corrected chi connectivity index (χ4v) is 4.46. The lowest BCUT2D eigenvalue weighted by molar-refractivity contribution is -0.142. The summed E-state index contributed by atoms with van der Waals surface area (Å²) in [5.41, 5.74) is 5.23. The number of alkyl carbamates (subject to hydrolysis) is 1. The molecular formula is C28H28N2O5. The molecule has 2 amide bonds. The molecule has 35 heavy (non-hydrogen) atoms. The Balaban J connectivity index is 1.36. The number of ether oxygens (including phenoxy) is 1. The second-order valence-corrected chi connectivity index (χ2v) is 8.52. The van der Waals surface area contributed by atoms with Gasteiger partial charge in [-0.05, 0) is 34.2 Å². The standard InChI is InChI=1S/C28H28N2O5/c1-2-24(26(31)29-25(27(32)33)16-18-10-4-3-5-11-18)30-28(34)35-17-23-21-14-8-6-12-19(21)20-13-7-9-15-22(20)23/h3-15,23-25H,2,16-17H2,1H3,(H,29,31)(H,30,34)(H,32,33)/t24-,25-/m1/s1. The Kier molecular flexibility index (Phi) is 7.45. The molecule has 0 saturated heterocycles. The van der Waals surface area contributed by atoms with Gasteiger partial charge in [-0.15, -0.1) is 0 Å². The van der Waals surface area contributed by atoms with Crippen molar-refractivity contribution in [3.8, 4) is 11.1 Å². The molecule has 4 rings (SSSR count). The van der Waals surface area contributed by atoms with Crippen LogP contribution in [0.1, 0.15) is 36.0 Å². The monoisotopic (exact) mass is 472 g/mol. The van der Waals surface area contributed by atoms with Gasteiger partial charge in [-0.3, -0.25) is 4.79 Å². The Morgan fingerprint density at radius 3 is 1.97 bits per heavy atom. The first kappa shape index (κ1) is 24.0. The third-order valence-corrected chi connectivity index (χ3v) is 6.26. The molecule has 0 unspecified atom stereocenters. The number of aliphatic carboxylic acids is 1. The molecule has 0 aliphatic heterocycles. The van der Waals surface area contributed by atoms with E-state index in [2.05, 4.69) is 22.8 Å². The zero-order valence-electron chi connectivity index (χ0n) is 19.4. The molecule has 0 radical (unpaired) electrons. The van der Waals surface area contributed by atoms with Gasteiger partial charge in [-0.1, -0.05) is 85.8 Å². The molecule has 1 aliphatic rings. The van der Waals surface area contributed by atoms with Gasteiger partial charge in [-0.2, -0.15) is 0 Å². The molecule has 3 aromatic carbocycles. The van der Waals surface area contributed by atoms with Crippen molar-refractivity contribution in [3.63, 3.8) is 0 Å². The maximum atomic E-state index is 12.8. The molecule has 0 saturated carbocycles. The number of hydrogen-bond donors (Lipinski definition) is 3. The van der Waals surface area contributed by atoms with E-state index < -0.39 is 30.1 Å². The van der Waals surface area contributed by atoms with E-state index >= 15 is 0 Å². The van der Waals surface area contributed by atoms with Crippen LogP contribution >= 0.6 is 0 Å². The van der Waals surface area contributed by atoms with E-state index in [0.29, 0.717) is 0 Å². The number of carboxylic acids is 1. The summed E-state index contributed by atoms with van der Waals surface area (Å²) in [6, 6.07) is 23.1. The van der Waals surface area contributed by atoms with E-state index in [0.717, 1.165) is 27.8 Å². The molecule has 0 spiro atoms. The van der Waals surface area contributed by atoms with E-state index in [1.807, 2.05) is 54.6 Å². The topological polar surface area (TPSA) is 105 Å². The summed E-state index contributed by atoms with van der Waals surface area (Å²) < 4.78 is 5.52. The van der Waals surface area contributed by atoms with Gasteiger partial charge in [0.25, 0.3) is 0 Å². The highest BCUT2D eigenvalue weighted by Gasteiger charge is 2.30.